The van der Waals surface area contributed by atoms with Gasteiger partial charge < -0.3 is 9.26 Å². The second-order valence-electron chi connectivity index (χ2n) is 5.57. The first-order chi connectivity index (χ1) is 12.4. The Morgan fingerprint density at radius 2 is 1.85 bits per heavy atom. The predicted octanol–water partition coefficient (Wildman–Crippen LogP) is 3.53. The average molecular weight is 376 g/mol. The van der Waals surface area contributed by atoms with E-state index in [0.717, 1.165) is 16.4 Å². The van der Waals surface area contributed by atoms with Crippen LogP contribution in [0.3, 0.4) is 0 Å². The van der Waals surface area contributed by atoms with Crippen molar-refractivity contribution in [2.45, 2.75) is 18.4 Å². The number of aromatic nitrogens is 1. The molecule has 0 aliphatic heterocycles. The van der Waals surface area contributed by atoms with Gasteiger partial charge in [-0.1, -0.05) is 17.3 Å². The number of anilines is 1. The fraction of sp³-hybridized carbons (Fsp3) is 0.167. The van der Waals surface area contributed by atoms with Gasteiger partial charge in [-0.25, -0.2) is 12.8 Å². The molecule has 6 nitrogen and oxygen atoms in total. The third kappa shape index (κ3) is 3.55. The van der Waals surface area contributed by atoms with Crippen molar-refractivity contribution >= 4 is 15.7 Å². The molecule has 0 aliphatic rings. The minimum atomic E-state index is -3.99. The van der Waals surface area contributed by atoms with Gasteiger partial charge in [0, 0.05) is 6.07 Å². The minimum absolute atomic E-state index is 0.0407. The highest BCUT2D eigenvalue weighted by molar-refractivity contribution is 7.92. The normalized spacial score (nSPS) is 11.3. The van der Waals surface area contributed by atoms with E-state index in [1.807, 2.05) is 0 Å². The summed E-state index contributed by atoms with van der Waals surface area (Å²) in [5.41, 5.74) is 0.979. The van der Waals surface area contributed by atoms with E-state index in [1.165, 1.54) is 19.2 Å². The van der Waals surface area contributed by atoms with Crippen LogP contribution < -0.4 is 9.04 Å². The Kier molecular flexibility index (Phi) is 4.94. The lowest BCUT2D eigenvalue weighted by Crippen LogP contribution is -2.30. The number of ether oxygens (including phenoxy) is 1. The van der Waals surface area contributed by atoms with Gasteiger partial charge in [0.25, 0.3) is 10.0 Å². The maximum absolute atomic E-state index is 13.2. The molecule has 0 spiro atoms. The quantitative estimate of drug-likeness (QED) is 0.658. The summed E-state index contributed by atoms with van der Waals surface area (Å²) in [5.74, 6) is 0.243. The van der Waals surface area contributed by atoms with Gasteiger partial charge in [-0.2, -0.15) is 0 Å². The average Bonchev–Trinajstić information content (AvgIpc) is 3.05. The molecule has 0 amide bonds. The lowest BCUT2D eigenvalue weighted by atomic mass is 10.3. The third-order valence-corrected chi connectivity index (χ3v) is 5.51. The van der Waals surface area contributed by atoms with Crippen LogP contribution in [0.25, 0.3) is 0 Å². The fourth-order valence-corrected chi connectivity index (χ4v) is 3.94. The molecule has 1 heterocycles. The summed E-state index contributed by atoms with van der Waals surface area (Å²) in [4.78, 5) is -0.0407. The molecule has 0 saturated carbocycles. The zero-order valence-electron chi connectivity index (χ0n) is 14.2. The summed E-state index contributed by atoms with van der Waals surface area (Å²) in [6.07, 6.45) is 0. The molecular formula is C18H17FN2O4S. The van der Waals surface area contributed by atoms with Crippen LogP contribution in [0.5, 0.6) is 5.75 Å². The van der Waals surface area contributed by atoms with E-state index >= 15 is 0 Å². The topological polar surface area (TPSA) is 72.6 Å². The molecular weight excluding hydrogens is 359 g/mol. The Labute approximate surface area is 150 Å². The number of para-hydroxylation sites is 2. The molecule has 3 rings (SSSR count). The van der Waals surface area contributed by atoms with Crippen LogP contribution in [0.1, 0.15) is 11.5 Å². The second kappa shape index (κ2) is 7.17. The molecule has 3 aromatic rings. The van der Waals surface area contributed by atoms with Crippen LogP contribution >= 0.6 is 0 Å². The fourth-order valence-electron chi connectivity index (χ4n) is 2.50. The summed E-state index contributed by atoms with van der Waals surface area (Å²) in [7, 11) is -2.54. The largest absolute Gasteiger partial charge is 0.495 e. The number of aryl methyl sites for hydroxylation is 1. The molecule has 0 saturated heterocycles. The van der Waals surface area contributed by atoms with E-state index in [4.69, 9.17) is 9.26 Å². The SMILES string of the molecule is COc1ccccc1N(Cc1cc(C)no1)S(=O)(=O)c1ccc(F)cc1. The maximum Gasteiger partial charge on any atom is 0.264 e. The van der Waals surface area contributed by atoms with Crippen LogP contribution in [-0.4, -0.2) is 20.7 Å². The van der Waals surface area contributed by atoms with Gasteiger partial charge in [-0.15, -0.1) is 0 Å². The van der Waals surface area contributed by atoms with Crippen molar-refractivity contribution < 1.29 is 22.1 Å². The number of nitrogens with zero attached hydrogens (tertiary/aromatic N) is 2. The monoisotopic (exact) mass is 376 g/mol. The lowest BCUT2D eigenvalue weighted by Gasteiger charge is -2.25. The Morgan fingerprint density at radius 3 is 2.46 bits per heavy atom. The van der Waals surface area contributed by atoms with E-state index < -0.39 is 15.8 Å². The summed E-state index contributed by atoms with van der Waals surface area (Å²) in [5, 5.41) is 3.80. The van der Waals surface area contributed by atoms with Crippen molar-refractivity contribution in [3.8, 4) is 5.75 Å². The van der Waals surface area contributed by atoms with Gasteiger partial charge in [0.15, 0.2) is 5.76 Å². The van der Waals surface area contributed by atoms with Gasteiger partial charge in [-0.05, 0) is 43.3 Å². The highest BCUT2D eigenvalue weighted by atomic mass is 32.2. The van der Waals surface area contributed by atoms with Crippen molar-refractivity contribution in [3.63, 3.8) is 0 Å². The molecule has 0 radical (unpaired) electrons. The van der Waals surface area contributed by atoms with E-state index in [1.54, 1.807) is 37.3 Å². The number of halogens is 1. The Hall–Kier alpha value is -2.87. The first-order valence-electron chi connectivity index (χ1n) is 7.75. The molecule has 8 heteroatoms. The first-order valence-corrected chi connectivity index (χ1v) is 9.19. The van der Waals surface area contributed by atoms with Crippen LogP contribution in [0.4, 0.5) is 10.1 Å². The Bertz CT molecular complexity index is 1000. The third-order valence-electron chi connectivity index (χ3n) is 3.73. The van der Waals surface area contributed by atoms with Crippen molar-refractivity contribution in [2.75, 3.05) is 11.4 Å². The van der Waals surface area contributed by atoms with Gasteiger partial charge in [0.2, 0.25) is 0 Å². The van der Waals surface area contributed by atoms with E-state index in [0.29, 0.717) is 22.9 Å². The van der Waals surface area contributed by atoms with E-state index in [2.05, 4.69) is 5.16 Å². The maximum atomic E-state index is 13.2. The minimum Gasteiger partial charge on any atom is -0.495 e. The zero-order chi connectivity index (χ0) is 18.7. The van der Waals surface area contributed by atoms with Crippen molar-refractivity contribution in [2.24, 2.45) is 0 Å². The highest BCUT2D eigenvalue weighted by Crippen LogP contribution is 2.33. The molecule has 0 fully saturated rings. The summed E-state index contributed by atoms with van der Waals surface area (Å²) in [6.45, 7) is 1.66. The van der Waals surface area contributed by atoms with Crippen LogP contribution in [-0.2, 0) is 16.6 Å². The van der Waals surface area contributed by atoms with Gasteiger partial charge in [0.05, 0.1) is 29.9 Å². The lowest BCUT2D eigenvalue weighted by molar-refractivity contribution is 0.380. The number of hydrogen-bond donors (Lipinski definition) is 0. The molecule has 136 valence electrons. The number of hydrogen-bond acceptors (Lipinski definition) is 5. The van der Waals surface area contributed by atoms with E-state index in [9.17, 15) is 12.8 Å². The van der Waals surface area contributed by atoms with Crippen LogP contribution in [0, 0.1) is 12.7 Å². The van der Waals surface area contributed by atoms with Crippen molar-refractivity contribution in [1.82, 2.24) is 5.16 Å². The molecule has 0 bridgehead atoms. The summed E-state index contributed by atoms with van der Waals surface area (Å²) in [6, 6.07) is 13.0. The smallest absolute Gasteiger partial charge is 0.264 e. The standard InChI is InChI=1S/C18H17FN2O4S/c1-13-11-15(25-20-13)12-21(17-5-3-4-6-18(17)24-2)26(22,23)16-9-7-14(19)8-10-16/h3-11H,12H2,1-2H3. The molecule has 1 aromatic heterocycles. The highest BCUT2D eigenvalue weighted by Gasteiger charge is 2.28. The van der Waals surface area contributed by atoms with Crippen LogP contribution in [0.2, 0.25) is 0 Å². The number of rotatable bonds is 6. The van der Waals surface area contributed by atoms with Crippen molar-refractivity contribution in [3.05, 3.63) is 71.9 Å². The summed E-state index contributed by atoms with van der Waals surface area (Å²) >= 11 is 0. The van der Waals surface area contributed by atoms with Gasteiger partial charge >= 0.3 is 0 Å². The molecule has 0 aliphatic carbocycles. The molecule has 26 heavy (non-hydrogen) atoms. The molecule has 0 unspecified atom stereocenters. The van der Waals surface area contributed by atoms with Gasteiger partial charge in [-0.3, -0.25) is 4.31 Å². The zero-order valence-corrected chi connectivity index (χ0v) is 15.0. The van der Waals surface area contributed by atoms with Crippen molar-refractivity contribution in [1.29, 1.82) is 0 Å². The molecule has 0 N–H and O–H groups in total. The number of benzene rings is 2. The van der Waals surface area contributed by atoms with Gasteiger partial charge in [0.1, 0.15) is 11.6 Å². The number of sulfonamides is 1. The van der Waals surface area contributed by atoms with E-state index in [-0.39, 0.29) is 11.4 Å². The molecule has 2 aromatic carbocycles. The second-order valence-corrected chi connectivity index (χ2v) is 7.43. The molecule has 0 atom stereocenters. The Morgan fingerprint density at radius 1 is 1.15 bits per heavy atom. The number of methoxy groups -OCH3 is 1. The predicted molar refractivity (Wildman–Crippen MR) is 94.0 cm³/mol. The Balaban J connectivity index is 2.11. The summed E-state index contributed by atoms with van der Waals surface area (Å²) < 4.78 is 51.3. The van der Waals surface area contributed by atoms with Crippen LogP contribution in [0.15, 0.2) is 64.0 Å². The first kappa shape index (κ1) is 17.9.